The molecule has 5 saturated carbocycles. The lowest BCUT2D eigenvalue weighted by molar-refractivity contribution is -0.106. The molecule has 0 aromatic carbocycles. The Labute approximate surface area is 183 Å². The molecule has 3 heteroatoms. The number of nitrogens with one attached hydrogen (secondary N) is 1. The second-order valence-corrected chi connectivity index (χ2v) is 11.6. The first-order chi connectivity index (χ1) is 13.8. The number of allylic oxidation sites excluding steroid dienone is 5. The highest BCUT2D eigenvalue weighted by atomic mass is 32.1. The second kappa shape index (κ2) is 7.96. The van der Waals surface area contributed by atoms with Gasteiger partial charge in [0.15, 0.2) is 0 Å². The molecule has 4 atom stereocenters. The molecule has 0 aliphatic heterocycles. The predicted octanol–water partition coefficient (Wildman–Crippen LogP) is 6.09. The van der Waals surface area contributed by atoms with Crippen LogP contribution in [0.3, 0.4) is 0 Å². The number of hydrogen-bond donors (Lipinski definition) is 2. The van der Waals surface area contributed by atoms with Gasteiger partial charge in [-0.2, -0.15) is 0 Å². The topological polar surface area (TPSA) is 38.0 Å². The summed E-state index contributed by atoms with van der Waals surface area (Å²) >= 11 is 6.18. The van der Waals surface area contributed by atoms with E-state index in [2.05, 4.69) is 50.0 Å². The quantitative estimate of drug-likeness (QED) is 0.410. The molecule has 0 heterocycles. The Balaban J connectivity index is 1.52. The molecular formula is C26H40N2S. The summed E-state index contributed by atoms with van der Waals surface area (Å²) in [5.41, 5.74) is 8.07. The van der Waals surface area contributed by atoms with Crippen LogP contribution in [0.15, 0.2) is 36.5 Å². The Kier molecular flexibility index (Phi) is 5.85. The van der Waals surface area contributed by atoms with Crippen molar-refractivity contribution in [2.75, 3.05) is 6.54 Å². The molecule has 2 nitrogen and oxygen atoms in total. The molecule has 5 aliphatic carbocycles. The van der Waals surface area contributed by atoms with Crippen molar-refractivity contribution in [3.63, 3.8) is 0 Å². The van der Waals surface area contributed by atoms with Gasteiger partial charge in [-0.25, -0.2) is 0 Å². The van der Waals surface area contributed by atoms with Crippen molar-refractivity contribution in [2.24, 2.45) is 33.8 Å². The fourth-order valence-corrected chi connectivity index (χ4v) is 8.27. The normalized spacial score (nSPS) is 43.9. The average molecular weight is 413 g/mol. The highest BCUT2D eigenvalue weighted by molar-refractivity contribution is 7.80. The van der Waals surface area contributed by atoms with Crippen LogP contribution >= 0.6 is 12.2 Å². The largest absolute Gasteiger partial charge is 0.376 e. The van der Waals surface area contributed by atoms with E-state index in [1.807, 2.05) is 0 Å². The summed E-state index contributed by atoms with van der Waals surface area (Å²) in [5, 5.41) is 3.88. The third kappa shape index (κ3) is 4.02. The Hall–Kier alpha value is -0.930. The first-order valence-corrected chi connectivity index (χ1v) is 12.2. The van der Waals surface area contributed by atoms with Gasteiger partial charge < -0.3 is 11.1 Å². The van der Waals surface area contributed by atoms with Gasteiger partial charge in [0.2, 0.25) is 0 Å². The van der Waals surface area contributed by atoms with Gasteiger partial charge in [0.25, 0.3) is 0 Å². The summed E-state index contributed by atoms with van der Waals surface area (Å²) in [5.74, 6) is 1.52. The molecule has 0 spiro atoms. The third-order valence-electron chi connectivity index (χ3n) is 8.63. The first-order valence-electron chi connectivity index (χ1n) is 11.8. The molecule has 0 amide bonds. The Morgan fingerprint density at radius 3 is 2.41 bits per heavy atom. The zero-order valence-electron chi connectivity index (χ0n) is 18.5. The van der Waals surface area contributed by atoms with E-state index in [0.29, 0.717) is 11.5 Å². The van der Waals surface area contributed by atoms with E-state index in [1.165, 1.54) is 74.8 Å². The molecule has 4 bridgehead atoms. The van der Waals surface area contributed by atoms with Crippen LogP contribution in [0, 0.1) is 28.1 Å². The Morgan fingerprint density at radius 1 is 1.07 bits per heavy atom. The van der Waals surface area contributed by atoms with E-state index < -0.39 is 0 Å². The number of rotatable bonds is 6. The second-order valence-electron chi connectivity index (χ2n) is 11.2. The maximum Gasteiger partial charge on any atom is 0.0818 e. The van der Waals surface area contributed by atoms with Gasteiger partial charge in [-0.1, -0.05) is 50.0 Å². The number of thiocarbonyl (C=S) groups is 1. The Bertz CT molecular complexity index is 716. The fourth-order valence-electron chi connectivity index (χ4n) is 7.87. The van der Waals surface area contributed by atoms with Crippen molar-refractivity contribution < 1.29 is 0 Å². The van der Waals surface area contributed by atoms with Gasteiger partial charge in [-0.15, -0.1) is 0 Å². The highest BCUT2D eigenvalue weighted by Gasteiger charge is 2.63. The van der Waals surface area contributed by atoms with Gasteiger partial charge in [0.1, 0.15) is 0 Å². The van der Waals surface area contributed by atoms with Gasteiger partial charge in [0.05, 0.1) is 4.99 Å². The summed E-state index contributed by atoms with van der Waals surface area (Å²) in [4.78, 5) is 1.18. The average Bonchev–Trinajstić information content (AvgIpc) is 2.67. The number of hydrogen-bond acceptors (Lipinski definition) is 2. The van der Waals surface area contributed by atoms with Crippen LogP contribution < -0.4 is 11.1 Å². The SMILES string of the molecule is C=C(/C=C\C=C/C)[C@]12CC3CC(C(=S)N[C@H]4CC[C@H](CN)CC4)(C[C@](C)(C3)C1)C2. The summed E-state index contributed by atoms with van der Waals surface area (Å²) in [6.07, 6.45) is 21.4. The fraction of sp³-hybridized carbons (Fsp3) is 0.731. The van der Waals surface area contributed by atoms with Gasteiger partial charge >= 0.3 is 0 Å². The summed E-state index contributed by atoms with van der Waals surface area (Å²) < 4.78 is 0. The standard InChI is InChI=1S/C26H40N2S/c1-4-5-6-7-19(2)25-13-21-12-24(3,16-25)17-26(14-21,18-25)23(29)28-22-10-8-20(15-27)9-11-22/h4-7,20-22H,2,8-18,27H2,1,3H3,(H,28,29)/b5-4-,7-6-/t20-,21?,22-,24-,25-,26?/m1/s1. The lowest BCUT2D eigenvalue weighted by Gasteiger charge is -2.66. The molecule has 5 fully saturated rings. The molecular weight excluding hydrogens is 372 g/mol. The monoisotopic (exact) mass is 412 g/mol. The van der Waals surface area contributed by atoms with Crippen molar-refractivity contribution in [3.8, 4) is 0 Å². The molecule has 5 rings (SSSR count). The van der Waals surface area contributed by atoms with Crippen molar-refractivity contribution in [2.45, 2.75) is 84.1 Å². The van der Waals surface area contributed by atoms with Crippen molar-refractivity contribution in [3.05, 3.63) is 36.5 Å². The molecule has 0 radical (unpaired) electrons. The van der Waals surface area contributed by atoms with E-state index in [1.54, 1.807) is 0 Å². The molecule has 29 heavy (non-hydrogen) atoms. The molecule has 2 unspecified atom stereocenters. The third-order valence-corrected chi connectivity index (χ3v) is 9.18. The summed E-state index contributed by atoms with van der Waals surface area (Å²) in [7, 11) is 0. The number of nitrogens with two attached hydrogens (primary N) is 1. The Morgan fingerprint density at radius 2 is 1.76 bits per heavy atom. The van der Waals surface area contributed by atoms with E-state index in [4.69, 9.17) is 18.0 Å². The molecule has 0 aromatic heterocycles. The maximum atomic E-state index is 6.18. The minimum Gasteiger partial charge on any atom is -0.376 e. The van der Waals surface area contributed by atoms with E-state index >= 15 is 0 Å². The lowest BCUT2D eigenvalue weighted by atomic mass is 9.38. The highest BCUT2D eigenvalue weighted by Crippen LogP contribution is 2.71. The van der Waals surface area contributed by atoms with Crippen LogP contribution in [-0.4, -0.2) is 17.6 Å². The van der Waals surface area contributed by atoms with Crippen LogP contribution in [0.25, 0.3) is 0 Å². The van der Waals surface area contributed by atoms with Crippen LogP contribution in [0.2, 0.25) is 0 Å². The summed E-state index contributed by atoms with van der Waals surface area (Å²) in [6, 6.07) is 0.555. The molecule has 160 valence electrons. The zero-order chi connectivity index (χ0) is 20.7. The lowest BCUT2D eigenvalue weighted by Crippen LogP contribution is -2.61. The first kappa shape index (κ1) is 21.3. The maximum absolute atomic E-state index is 6.18. The van der Waals surface area contributed by atoms with E-state index in [9.17, 15) is 0 Å². The molecule has 0 saturated heterocycles. The molecule has 3 N–H and O–H groups in total. The smallest absolute Gasteiger partial charge is 0.0818 e. The summed E-state index contributed by atoms with van der Waals surface area (Å²) in [6.45, 7) is 10.0. The minimum absolute atomic E-state index is 0.186. The molecule has 0 aromatic rings. The van der Waals surface area contributed by atoms with Crippen molar-refractivity contribution in [1.29, 1.82) is 0 Å². The van der Waals surface area contributed by atoms with Gasteiger partial charge in [-0.3, -0.25) is 0 Å². The van der Waals surface area contributed by atoms with E-state index in [0.717, 1.165) is 18.4 Å². The minimum atomic E-state index is 0.186. The van der Waals surface area contributed by atoms with Crippen LogP contribution in [-0.2, 0) is 0 Å². The van der Waals surface area contributed by atoms with Crippen LogP contribution in [0.5, 0.6) is 0 Å². The van der Waals surface area contributed by atoms with Crippen molar-refractivity contribution in [1.82, 2.24) is 5.32 Å². The van der Waals surface area contributed by atoms with E-state index in [-0.39, 0.29) is 10.8 Å². The zero-order valence-corrected chi connectivity index (χ0v) is 19.3. The van der Waals surface area contributed by atoms with Gasteiger partial charge in [0, 0.05) is 11.5 Å². The molecule has 5 aliphatic rings. The predicted molar refractivity (Wildman–Crippen MR) is 128 cm³/mol. The van der Waals surface area contributed by atoms with Crippen molar-refractivity contribution >= 4 is 17.2 Å². The van der Waals surface area contributed by atoms with Gasteiger partial charge in [-0.05, 0) is 106 Å². The van der Waals surface area contributed by atoms with Crippen LogP contribution in [0.1, 0.15) is 78.1 Å². The van der Waals surface area contributed by atoms with Crippen LogP contribution in [0.4, 0.5) is 0 Å².